The van der Waals surface area contributed by atoms with Crippen LogP contribution >= 0.6 is 11.3 Å². The van der Waals surface area contributed by atoms with E-state index in [9.17, 15) is 22.8 Å². The second kappa shape index (κ2) is 9.72. The minimum absolute atomic E-state index is 0.0304. The minimum Gasteiger partial charge on any atom is -0.284 e. The van der Waals surface area contributed by atoms with Crippen LogP contribution in [-0.2, 0) is 26.0 Å². The second-order valence-corrected chi connectivity index (χ2v) is 11.1. The van der Waals surface area contributed by atoms with Crippen molar-refractivity contribution in [3.8, 4) is 0 Å². The van der Waals surface area contributed by atoms with Crippen molar-refractivity contribution in [2.45, 2.75) is 24.7 Å². The van der Waals surface area contributed by atoms with Gasteiger partial charge in [0.2, 0.25) is 10.0 Å². The topological polar surface area (TPSA) is 98.3 Å². The van der Waals surface area contributed by atoms with E-state index in [4.69, 9.17) is 0 Å². The van der Waals surface area contributed by atoms with Crippen LogP contribution in [0.1, 0.15) is 16.9 Å². The average Bonchev–Trinajstić information content (AvgIpc) is 3.28. The summed E-state index contributed by atoms with van der Waals surface area (Å²) in [4.78, 5) is 42.7. The van der Waals surface area contributed by atoms with Crippen LogP contribution < -0.4 is 0 Å². The van der Waals surface area contributed by atoms with E-state index in [1.165, 1.54) is 15.6 Å². The Kier molecular flexibility index (Phi) is 6.94. The zero-order valence-corrected chi connectivity index (χ0v) is 20.0. The van der Waals surface area contributed by atoms with Crippen LogP contribution in [0.15, 0.2) is 46.7 Å². The zero-order chi connectivity index (χ0) is 23.6. The first kappa shape index (κ1) is 23.6. The first-order chi connectivity index (χ1) is 15.8. The largest absolute Gasteiger partial charge is 0.335 e. The van der Waals surface area contributed by atoms with E-state index in [1.54, 1.807) is 24.3 Å². The molecule has 0 saturated carbocycles. The summed E-state index contributed by atoms with van der Waals surface area (Å²) >= 11 is 1.53. The number of hydrogen-bond donors (Lipinski definition) is 0. The van der Waals surface area contributed by atoms with Gasteiger partial charge in [0.1, 0.15) is 0 Å². The third-order valence-electron chi connectivity index (χ3n) is 5.84. The van der Waals surface area contributed by atoms with Crippen LogP contribution in [0.2, 0.25) is 0 Å². The summed E-state index contributed by atoms with van der Waals surface area (Å²) in [5.74, 6) is -1.64. The highest BCUT2D eigenvalue weighted by atomic mass is 32.2. The van der Waals surface area contributed by atoms with E-state index in [-0.39, 0.29) is 24.7 Å². The Morgan fingerprint density at radius 1 is 0.909 bits per heavy atom. The molecular formula is C22H26N4O5S2. The highest BCUT2D eigenvalue weighted by Crippen LogP contribution is 2.20. The first-order valence-corrected chi connectivity index (χ1v) is 13.1. The highest BCUT2D eigenvalue weighted by molar-refractivity contribution is 7.89. The van der Waals surface area contributed by atoms with Gasteiger partial charge in [0.25, 0.3) is 0 Å². The van der Waals surface area contributed by atoms with Crippen molar-refractivity contribution in [3.05, 3.63) is 52.2 Å². The molecule has 33 heavy (non-hydrogen) atoms. The van der Waals surface area contributed by atoms with E-state index in [0.717, 1.165) is 20.2 Å². The molecule has 0 N–H and O–H groups in total. The molecule has 0 atom stereocenters. The summed E-state index contributed by atoms with van der Waals surface area (Å²) in [5.41, 5.74) is 0.981. The lowest BCUT2D eigenvalue weighted by atomic mass is 10.2. The summed E-state index contributed by atoms with van der Waals surface area (Å²) in [6.07, 6.45) is 1.06. The Hall–Kier alpha value is -2.60. The average molecular weight is 491 g/mol. The van der Waals surface area contributed by atoms with Gasteiger partial charge in [0, 0.05) is 44.0 Å². The minimum atomic E-state index is -3.62. The van der Waals surface area contributed by atoms with Gasteiger partial charge in [-0.25, -0.2) is 18.1 Å². The molecule has 11 heteroatoms. The summed E-state index contributed by atoms with van der Waals surface area (Å²) in [5, 5.41) is 1.92. The van der Waals surface area contributed by atoms with Crippen LogP contribution in [0.3, 0.4) is 0 Å². The molecule has 1 aromatic carbocycles. The molecule has 9 nitrogen and oxygen atoms in total. The Morgan fingerprint density at radius 2 is 1.64 bits per heavy atom. The molecule has 2 aliphatic heterocycles. The maximum absolute atomic E-state index is 13.0. The van der Waals surface area contributed by atoms with Gasteiger partial charge in [-0.15, -0.1) is 11.3 Å². The fourth-order valence-corrected chi connectivity index (χ4v) is 6.11. The van der Waals surface area contributed by atoms with E-state index in [0.29, 0.717) is 32.5 Å². The van der Waals surface area contributed by atoms with Gasteiger partial charge in [0.15, 0.2) is 0 Å². The standard InChI is InChI=1S/C22H26N4O5S2/c1-17-5-7-19(8-6-17)33(30,31)24-11-3-10-23(13-14-24)16-26-21(28)20(27)25(22(26)29)12-9-18-4-2-15-32-18/h2,4-8,15H,3,9-14,16H2,1H3. The molecule has 3 heterocycles. The lowest BCUT2D eigenvalue weighted by molar-refractivity contribution is -0.143. The van der Waals surface area contributed by atoms with E-state index in [1.807, 2.05) is 29.3 Å². The Balaban J connectivity index is 1.37. The zero-order valence-electron chi connectivity index (χ0n) is 18.3. The highest BCUT2D eigenvalue weighted by Gasteiger charge is 2.44. The van der Waals surface area contributed by atoms with Crippen LogP contribution in [-0.4, -0.2) is 84.7 Å². The first-order valence-electron chi connectivity index (χ1n) is 10.8. The number of carbonyl (C=O) groups excluding carboxylic acids is 3. The molecule has 2 fully saturated rings. The number of hydrogen-bond acceptors (Lipinski definition) is 7. The summed E-state index contributed by atoms with van der Waals surface area (Å²) < 4.78 is 27.4. The third kappa shape index (κ3) is 5.01. The summed E-state index contributed by atoms with van der Waals surface area (Å²) in [6.45, 7) is 3.48. The van der Waals surface area contributed by atoms with E-state index < -0.39 is 27.9 Å². The number of benzene rings is 1. The van der Waals surface area contributed by atoms with Gasteiger partial charge < -0.3 is 0 Å². The molecular weight excluding hydrogens is 464 g/mol. The van der Waals surface area contributed by atoms with Crippen molar-refractivity contribution in [1.82, 2.24) is 19.0 Å². The predicted octanol–water partition coefficient (Wildman–Crippen LogP) is 1.74. The van der Waals surface area contributed by atoms with Crippen LogP contribution in [0.4, 0.5) is 4.79 Å². The van der Waals surface area contributed by atoms with Gasteiger partial charge in [-0.1, -0.05) is 23.8 Å². The third-order valence-corrected chi connectivity index (χ3v) is 8.69. The SMILES string of the molecule is Cc1ccc(S(=O)(=O)N2CCCN(CN3C(=O)C(=O)N(CCc4cccs4)C3=O)CC2)cc1. The molecule has 0 spiro atoms. The van der Waals surface area contributed by atoms with Crippen molar-refractivity contribution in [2.24, 2.45) is 0 Å². The molecule has 4 amide bonds. The maximum atomic E-state index is 13.0. The molecule has 0 unspecified atom stereocenters. The van der Waals surface area contributed by atoms with Crippen molar-refractivity contribution < 1.29 is 22.8 Å². The number of sulfonamides is 1. The molecule has 1 aromatic heterocycles. The monoisotopic (exact) mass is 490 g/mol. The van der Waals surface area contributed by atoms with E-state index in [2.05, 4.69) is 0 Å². The number of amides is 4. The molecule has 0 radical (unpaired) electrons. The van der Waals surface area contributed by atoms with Crippen LogP contribution in [0, 0.1) is 6.92 Å². The van der Waals surface area contributed by atoms with Gasteiger partial charge in [-0.05, 0) is 36.9 Å². The van der Waals surface area contributed by atoms with Gasteiger partial charge >= 0.3 is 17.8 Å². The Bertz CT molecular complexity index is 1130. The van der Waals surface area contributed by atoms with Crippen molar-refractivity contribution in [2.75, 3.05) is 39.4 Å². The fourth-order valence-electron chi connectivity index (χ4n) is 3.94. The maximum Gasteiger partial charge on any atom is 0.335 e. The number of rotatable bonds is 7. The number of carbonyl (C=O) groups is 3. The second-order valence-electron chi connectivity index (χ2n) is 8.13. The quantitative estimate of drug-likeness (QED) is 0.433. The van der Waals surface area contributed by atoms with Crippen molar-refractivity contribution >= 4 is 39.2 Å². The smallest absolute Gasteiger partial charge is 0.284 e. The van der Waals surface area contributed by atoms with Gasteiger partial charge in [-0.3, -0.25) is 19.4 Å². The van der Waals surface area contributed by atoms with Crippen molar-refractivity contribution in [1.29, 1.82) is 0 Å². The predicted molar refractivity (Wildman–Crippen MR) is 123 cm³/mol. The molecule has 2 aromatic rings. The number of urea groups is 1. The number of aryl methyl sites for hydroxylation is 1. The lowest BCUT2D eigenvalue weighted by Crippen LogP contribution is -2.44. The number of nitrogens with zero attached hydrogens (tertiary/aromatic N) is 4. The van der Waals surface area contributed by atoms with Crippen LogP contribution in [0.5, 0.6) is 0 Å². The molecule has 2 saturated heterocycles. The summed E-state index contributed by atoms with van der Waals surface area (Å²) in [7, 11) is -3.62. The van der Waals surface area contributed by atoms with Crippen molar-refractivity contribution in [3.63, 3.8) is 0 Å². The fraction of sp³-hybridized carbons (Fsp3) is 0.409. The molecule has 0 aliphatic carbocycles. The summed E-state index contributed by atoms with van der Waals surface area (Å²) in [6, 6.07) is 9.94. The molecule has 2 aliphatic rings. The molecule has 4 rings (SSSR count). The number of thiophene rings is 1. The Morgan fingerprint density at radius 3 is 2.33 bits per heavy atom. The van der Waals surface area contributed by atoms with Gasteiger partial charge in [-0.2, -0.15) is 4.31 Å². The molecule has 176 valence electrons. The number of imide groups is 2. The van der Waals surface area contributed by atoms with Gasteiger partial charge in [0.05, 0.1) is 11.6 Å². The lowest BCUT2D eigenvalue weighted by Gasteiger charge is -2.25. The molecule has 0 bridgehead atoms. The van der Waals surface area contributed by atoms with Crippen LogP contribution in [0.25, 0.3) is 0 Å². The Labute approximate surface area is 197 Å². The normalized spacial score (nSPS) is 18.9. The van der Waals surface area contributed by atoms with E-state index >= 15 is 0 Å².